The Morgan fingerprint density at radius 3 is 2.69 bits per heavy atom. The van der Waals surface area contributed by atoms with Gasteiger partial charge in [-0.05, 0) is 25.5 Å². The van der Waals surface area contributed by atoms with Crippen LogP contribution in [0.2, 0.25) is 0 Å². The van der Waals surface area contributed by atoms with Crippen molar-refractivity contribution >= 4 is 17.2 Å². The molecule has 1 N–H and O–H groups in total. The smallest absolute Gasteiger partial charge is 0.275 e. The van der Waals surface area contributed by atoms with Crippen molar-refractivity contribution in [1.29, 1.82) is 0 Å². The maximum Gasteiger partial charge on any atom is 0.275 e. The van der Waals surface area contributed by atoms with E-state index in [1.807, 2.05) is 13.8 Å². The van der Waals surface area contributed by atoms with Crippen LogP contribution in [-0.4, -0.2) is 69.7 Å². The van der Waals surface area contributed by atoms with Gasteiger partial charge in [-0.25, -0.2) is 8.78 Å². The van der Waals surface area contributed by atoms with E-state index in [1.165, 1.54) is 12.3 Å². The molecule has 1 amide bonds. The van der Waals surface area contributed by atoms with Crippen LogP contribution in [0.3, 0.4) is 0 Å². The number of aromatic hydroxyl groups is 1. The molecule has 0 spiro atoms. The molecule has 12 heteroatoms. The van der Waals surface area contributed by atoms with Crippen molar-refractivity contribution < 1.29 is 28.2 Å². The SMILES string of the molecule is COCCOC[C@H]1Cn2cc(-c3nnc(Cc4ccc(F)cc4F)s3)c(=O)c(O)c2C(=O)N1C(C)C. The standard InChI is InChI=1S/C24H26F2N4O5S/c1-13(2)30-16(12-35-7-6-34-3)10-29-11-17(21(31)22(32)20(29)24(30)33)23-28-27-19(36-23)8-14-4-5-15(25)9-18(14)26/h4-5,9,11,13,16,32H,6-8,10,12H2,1-3H3/t16-/m1/s1. The Morgan fingerprint density at radius 1 is 1.22 bits per heavy atom. The van der Waals surface area contributed by atoms with Gasteiger partial charge >= 0.3 is 0 Å². The van der Waals surface area contributed by atoms with Gasteiger partial charge in [0.2, 0.25) is 5.43 Å². The zero-order chi connectivity index (χ0) is 26.0. The molecule has 2 aromatic heterocycles. The lowest BCUT2D eigenvalue weighted by Gasteiger charge is -2.40. The second-order valence-electron chi connectivity index (χ2n) is 8.66. The van der Waals surface area contributed by atoms with Crippen molar-refractivity contribution in [2.45, 2.75) is 38.9 Å². The molecule has 1 aliphatic rings. The Balaban J connectivity index is 1.65. The molecule has 0 saturated heterocycles. The highest BCUT2D eigenvalue weighted by molar-refractivity contribution is 7.14. The number of carbonyl (C=O) groups is 1. The normalized spacial score (nSPS) is 15.6. The van der Waals surface area contributed by atoms with E-state index >= 15 is 0 Å². The fourth-order valence-electron chi connectivity index (χ4n) is 4.19. The Bertz CT molecular complexity index is 1330. The first-order chi connectivity index (χ1) is 17.2. The highest BCUT2D eigenvalue weighted by Gasteiger charge is 2.37. The van der Waals surface area contributed by atoms with Gasteiger partial charge in [0, 0.05) is 38.4 Å². The highest BCUT2D eigenvalue weighted by Crippen LogP contribution is 2.30. The second-order valence-corrected chi connectivity index (χ2v) is 9.72. The molecule has 0 radical (unpaired) electrons. The molecule has 3 aromatic rings. The van der Waals surface area contributed by atoms with Gasteiger partial charge in [0.15, 0.2) is 16.5 Å². The topological polar surface area (TPSA) is 107 Å². The number of rotatable bonds is 9. The van der Waals surface area contributed by atoms with Gasteiger partial charge in [-0.3, -0.25) is 9.59 Å². The summed E-state index contributed by atoms with van der Waals surface area (Å²) in [5.74, 6) is -2.52. The number of carbonyl (C=O) groups excluding carboxylic acids is 1. The van der Waals surface area contributed by atoms with Crippen molar-refractivity contribution in [1.82, 2.24) is 19.7 Å². The summed E-state index contributed by atoms with van der Waals surface area (Å²) < 4.78 is 39.4. The third kappa shape index (κ3) is 5.15. The largest absolute Gasteiger partial charge is 0.503 e. The molecule has 1 atom stereocenters. The molecular weight excluding hydrogens is 494 g/mol. The number of nitrogens with zero attached hydrogens (tertiary/aromatic N) is 4. The van der Waals surface area contributed by atoms with Gasteiger partial charge in [-0.2, -0.15) is 0 Å². The maximum atomic E-state index is 14.0. The van der Waals surface area contributed by atoms with Gasteiger partial charge in [0.25, 0.3) is 5.91 Å². The predicted molar refractivity (Wildman–Crippen MR) is 128 cm³/mol. The quantitative estimate of drug-likeness (QED) is 0.433. The summed E-state index contributed by atoms with van der Waals surface area (Å²) in [7, 11) is 1.57. The highest BCUT2D eigenvalue weighted by atomic mass is 32.1. The van der Waals surface area contributed by atoms with E-state index in [1.54, 1.807) is 16.6 Å². The summed E-state index contributed by atoms with van der Waals surface area (Å²) >= 11 is 1.05. The number of amides is 1. The van der Waals surface area contributed by atoms with Crippen LogP contribution in [0.25, 0.3) is 10.6 Å². The van der Waals surface area contributed by atoms with E-state index in [2.05, 4.69) is 10.2 Å². The molecule has 0 saturated carbocycles. The summed E-state index contributed by atoms with van der Waals surface area (Å²) in [6.07, 6.45) is 1.54. The lowest BCUT2D eigenvalue weighted by Crippen LogP contribution is -2.54. The minimum absolute atomic E-state index is 0.0603. The first-order valence-corrected chi connectivity index (χ1v) is 12.1. The predicted octanol–water partition coefficient (Wildman–Crippen LogP) is 2.84. The van der Waals surface area contributed by atoms with Crippen molar-refractivity contribution in [2.75, 3.05) is 26.9 Å². The molecule has 1 aromatic carbocycles. The van der Waals surface area contributed by atoms with Gasteiger partial charge < -0.3 is 24.0 Å². The minimum Gasteiger partial charge on any atom is -0.503 e. The van der Waals surface area contributed by atoms with Crippen LogP contribution in [0.15, 0.2) is 29.2 Å². The maximum absolute atomic E-state index is 14.0. The van der Waals surface area contributed by atoms with Crippen molar-refractivity contribution in [3.8, 4) is 16.3 Å². The zero-order valence-corrected chi connectivity index (χ0v) is 20.8. The number of aromatic nitrogens is 3. The molecule has 192 valence electrons. The molecule has 36 heavy (non-hydrogen) atoms. The first kappa shape index (κ1) is 25.9. The van der Waals surface area contributed by atoms with Crippen LogP contribution in [0.4, 0.5) is 8.78 Å². The van der Waals surface area contributed by atoms with Crippen LogP contribution in [0, 0.1) is 11.6 Å². The second kappa shape index (κ2) is 10.8. The number of hydrogen-bond acceptors (Lipinski definition) is 8. The third-order valence-corrected chi connectivity index (χ3v) is 6.80. The molecule has 4 rings (SSSR count). The lowest BCUT2D eigenvalue weighted by atomic mass is 10.1. The van der Waals surface area contributed by atoms with E-state index in [-0.39, 0.29) is 46.9 Å². The summed E-state index contributed by atoms with van der Waals surface area (Å²) in [6, 6.07) is 2.75. The summed E-state index contributed by atoms with van der Waals surface area (Å²) in [5, 5.41) is 19.4. The summed E-state index contributed by atoms with van der Waals surface area (Å²) in [4.78, 5) is 27.9. The third-order valence-electron chi connectivity index (χ3n) is 5.85. The molecular formula is C24H26F2N4O5S. The van der Waals surface area contributed by atoms with Crippen LogP contribution >= 0.6 is 11.3 Å². The molecule has 3 heterocycles. The van der Waals surface area contributed by atoms with E-state index in [0.29, 0.717) is 24.8 Å². The summed E-state index contributed by atoms with van der Waals surface area (Å²) in [6.45, 7) is 5.03. The van der Waals surface area contributed by atoms with Crippen LogP contribution < -0.4 is 5.43 Å². The van der Waals surface area contributed by atoms with Crippen LogP contribution in [-0.2, 0) is 22.4 Å². The lowest BCUT2D eigenvalue weighted by molar-refractivity contribution is 0.00831. The van der Waals surface area contributed by atoms with E-state index in [0.717, 1.165) is 23.5 Å². The van der Waals surface area contributed by atoms with E-state index in [4.69, 9.17) is 9.47 Å². The number of halogens is 2. The van der Waals surface area contributed by atoms with Gasteiger partial charge in [-0.15, -0.1) is 10.2 Å². The molecule has 0 aliphatic carbocycles. The monoisotopic (exact) mass is 520 g/mol. The number of hydrogen-bond donors (Lipinski definition) is 1. The number of benzene rings is 1. The van der Waals surface area contributed by atoms with Crippen molar-refractivity contribution in [3.63, 3.8) is 0 Å². The number of ether oxygens (including phenoxy) is 2. The van der Waals surface area contributed by atoms with E-state index in [9.17, 15) is 23.5 Å². The van der Waals surface area contributed by atoms with Gasteiger partial charge in [0.05, 0.1) is 31.4 Å². The minimum atomic E-state index is -0.747. The number of pyridine rings is 1. The fourth-order valence-corrected chi connectivity index (χ4v) is 5.06. The first-order valence-electron chi connectivity index (χ1n) is 11.3. The average molecular weight is 521 g/mol. The summed E-state index contributed by atoms with van der Waals surface area (Å²) in [5.41, 5.74) is -0.531. The molecule has 1 aliphatic heterocycles. The van der Waals surface area contributed by atoms with E-state index < -0.39 is 28.7 Å². The average Bonchev–Trinajstić information content (AvgIpc) is 3.28. The fraction of sp³-hybridized carbons (Fsp3) is 0.417. The Kier molecular flexibility index (Phi) is 7.76. The Morgan fingerprint density at radius 2 is 2.00 bits per heavy atom. The van der Waals surface area contributed by atoms with Gasteiger partial charge in [0.1, 0.15) is 16.6 Å². The molecule has 9 nitrogen and oxygen atoms in total. The zero-order valence-electron chi connectivity index (χ0n) is 20.0. The Labute approximate surface area is 209 Å². The number of methoxy groups -OCH3 is 1. The van der Waals surface area contributed by atoms with Crippen LogP contribution in [0.5, 0.6) is 5.75 Å². The Hall–Kier alpha value is -3.22. The van der Waals surface area contributed by atoms with Crippen LogP contribution in [0.1, 0.15) is 34.9 Å². The van der Waals surface area contributed by atoms with Crippen molar-refractivity contribution in [3.05, 3.63) is 62.5 Å². The molecule has 0 fully saturated rings. The van der Waals surface area contributed by atoms with Crippen molar-refractivity contribution in [2.24, 2.45) is 0 Å². The number of fused-ring (bicyclic) bond motifs is 1. The molecule has 0 bridgehead atoms. The molecule has 0 unspecified atom stereocenters. The van der Waals surface area contributed by atoms with Gasteiger partial charge in [-0.1, -0.05) is 17.4 Å².